The van der Waals surface area contributed by atoms with Gasteiger partial charge in [0.15, 0.2) is 0 Å². The number of aromatic nitrogens is 4. The second kappa shape index (κ2) is 4.90. The standard InChI is InChI=1S/C16H19N5O/c1-10-18-15(13-6-7-17-20(13)2)12-8-11-4-3-5-14(16(12)19-10)21(11)9-22/h6-7,9,11,14H,3-5,8H2,1-2H3/t11-,14+/m0/s1. The summed E-state index contributed by atoms with van der Waals surface area (Å²) in [5.74, 6) is 0.754. The second-order valence-electron chi connectivity index (χ2n) is 6.18. The van der Waals surface area contributed by atoms with Gasteiger partial charge in [0, 0.05) is 24.8 Å². The Kier molecular flexibility index (Phi) is 2.99. The van der Waals surface area contributed by atoms with E-state index >= 15 is 0 Å². The molecule has 0 saturated carbocycles. The van der Waals surface area contributed by atoms with Crippen LogP contribution in [0.5, 0.6) is 0 Å². The summed E-state index contributed by atoms with van der Waals surface area (Å²) in [6, 6.07) is 2.37. The van der Waals surface area contributed by atoms with E-state index in [0.717, 1.165) is 55.0 Å². The van der Waals surface area contributed by atoms with Crippen LogP contribution in [0.2, 0.25) is 0 Å². The summed E-state index contributed by atoms with van der Waals surface area (Å²) in [6.07, 6.45) is 6.84. The van der Waals surface area contributed by atoms with Crippen molar-refractivity contribution >= 4 is 6.41 Å². The molecule has 2 aromatic heterocycles. The van der Waals surface area contributed by atoms with Gasteiger partial charge in [-0.15, -0.1) is 0 Å². The Morgan fingerprint density at radius 1 is 1.32 bits per heavy atom. The number of hydrogen-bond acceptors (Lipinski definition) is 4. The number of carbonyl (C=O) groups excluding carboxylic acids is 1. The van der Waals surface area contributed by atoms with Gasteiger partial charge in [0.2, 0.25) is 6.41 Å². The van der Waals surface area contributed by atoms with Crippen LogP contribution in [0.1, 0.15) is 42.4 Å². The Morgan fingerprint density at radius 3 is 2.91 bits per heavy atom. The number of amides is 1. The van der Waals surface area contributed by atoms with Crippen LogP contribution >= 0.6 is 0 Å². The van der Waals surface area contributed by atoms with E-state index in [0.29, 0.717) is 0 Å². The van der Waals surface area contributed by atoms with Crippen molar-refractivity contribution in [1.29, 1.82) is 0 Å². The molecule has 6 heteroatoms. The monoisotopic (exact) mass is 297 g/mol. The zero-order chi connectivity index (χ0) is 15.3. The summed E-state index contributed by atoms with van der Waals surface area (Å²) >= 11 is 0. The van der Waals surface area contributed by atoms with Crippen LogP contribution in [-0.4, -0.2) is 37.1 Å². The molecular formula is C16H19N5O. The molecule has 0 aromatic carbocycles. The van der Waals surface area contributed by atoms with E-state index in [4.69, 9.17) is 4.98 Å². The largest absolute Gasteiger partial charge is 0.333 e. The summed E-state index contributed by atoms with van der Waals surface area (Å²) in [4.78, 5) is 22.8. The first-order valence-electron chi connectivity index (χ1n) is 7.77. The average molecular weight is 297 g/mol. The van der Waals surface area contributed by atoms with Crippen LogP contribution in [0.4, 0.5) is 0 Å². The SMILES string of the molecule is Cc1nc(-c2ccnn2C)c2c(n1)[C@H]1CCC[C@@H](C2)N1C=O. The molecule has 1 fully saturated rings. The molecule has 2 aliphatic heterocycles. The molecule has 1 saturated heterocycles. The van der Waals surface area contributed by atoms with Crippen molar-refractivity contribution in [2.75, 3.05) is 0 Å². The maximum absolute atomic E-state index is 11.5. The van der Waals surface area contributed by atoms with E-state index in [1.807, 2.05) is 29.6 Å². The molecule has 114 valence electrons. The van der Waals surface area contributed by atoms with E-state index in [-0.39, 0.29) is 12.1 Å². The number of rotatable bonds is 2. The number of hydrogen-bond donors (Lipinski definition) is 0. The van der Waals surface area contributed by atoms with E-state index in [2.05, 4.69) is 10.1 Å². The van der Waals surface area contributed by atoms with Crippen molar-refractivity contribution in [1.82, 2.24) is 24.6 Å². The topological polar surface area (TPSA) is 63.9 Å². The Balaban J connectivity index is 1.93. The predicted molar refractivity (Wildman–Crippen MR) is 81.0 cm³/mol. The predicted octanol–water partition coefficient (Wildman–Crippen LogP) is 1.79. The molecule has 0 radical (unpaired) electrons. The molecule has 0 aliphatic carbocycles. The Labute approximate surface area is 129 Å². The number of aryl methyl sites for hydroxylation is 2. The van der Waals surface area contributed by atoms with Gasteiger partial charge in [-0.25, -0.2) is 9.97 Å². The zero-order valence-electron chi connectivity index (χ0n) is 12.9. The maximum Gasteiger partial charge on any atom is 0.210 e. The lowest BCUT2D eigenvalue weighted by Crippen LogP contribution is -2.46. The highest BCUT2D eigenvalue weighted by Crippen LogP contribution is 2.42. The van der Waals surface area contributed by atoms with E-state index < -0.39 is 0 Å². The van der Waals surface area contributed by atoms with E-state index in [1.54, 1.807) is 6.20 Å². The van der Waals surface area contributed by atoms with Crippen LogP contribution < -0.4 is 0 Å². The summed E-state index contributed by atoms with van der Waals surface area (Å²) in [7, 11) is 1.93. The third-order valence-electron chi connectivity index (χ3n) is 4.89. The maximum atomic E-state index is 11.5. The Hall–Kier alpha value is -2.24. The fourth-order valence-corrected chi connectivity index (χ4v) is 3.89. The molecule has 0 N–H and O–H groups in total. The van der Waals surface area contributed by atoms with Crippen LogP contribution in [0.3, 0.4) is 0 Å². The number of piperidine rings is 1. The van der Waals surface area contributed by atoms with Gasteiger partial charge in [-0.1, -0.05) is 0 Å². The average Bonchev–Trinajstić information content (AvgIpc) is 2.93. The molecule has 1 amide bonds. The molecule has 2 bridgehead atoms. The summed E-state index contributed by atoms with van der Waals surface area (Å²) < 4.78 is 1.85. The lowest BCUT2D eigenvalue weighted by atomic mass is 9.82. The van der Waals surface area contributed by atoms with Gasteiger partial charge in [0.05, 0.1) is 23.1 Å². The van der Waals surface area contributed by atoms with Crippen LogP contribution in [0.25, 0.3) is 11.4 Å². The lowest BCUT2D eigenvalue weighted by Gasteiger charge is -2.44. The second-order valence-corrected chi connectivity index (χ2v) is 6.18. The smallest absolute Gasteiger partial charge is 0.210 e. The van der Waals surface area contributed by atoms with Gasteiger partial charge < -0.3 is 4.90 Å². The van der Waals surface area contributed by atoms with E-state index in [1.165, 1.54) is 5.56 Å². The van der Waals surface area contributed by atoms with Gasteiger partial charge in [0.1, 0.15) is 5.82 Å². The van der Waals surface area contributed by atoms with Crippen molar-refractivity contribution in [3.63, 3.8) is 0 Å². The first kappa shape index (κ1) is 13.4. The first-order chi connectivity index (χ1) is 10.7. The van der Waals surface area contributed by atoms with E-state index in [9.17, 15) is 4.79 Å². The molecule has 6 nitrogen and oxygen atoms in total. The van der Waals surface area contributed by atoms with Crippen molar-refractivity contribution in [3.8, 4) is 11.4 Å². The highest BCUT2D eigenvalue weighted by Gasteiger charge is 2.39. The fraction of sp³-hybridized carbons (Fsp3) is 0.500. The van der Waals surface area contributed by atoms with Gasteiger partial charge in [-0.05, 0) is 38.7 Å². The summed E-state index contributed by atoms with van der Waals surface area (Å²) in [5, 5.41) is 4.26. The molecule has 0 spiro atoms. The van der Waals surface area contributed by atoms with Crippen LogP contribution in [0, 0.1) is 6.92 Å². The van der Waals surface area contributed by atoms with Crippen LogP contribution in [0.15, 0.2) is 12.3 Å². The minimum atomic E-state index is 0.105. The van der Waals surface area contributed by atoms with Crippen molar-refractivity contribution in [2.45, 2.75) is 44.7 Å². The minimum Gasteiger partial charge on any atom is -0.333 e. The molecule has 2 aromatic rings. The Bertz CT molecular complexity index is 738. The molecule has 0 unspecified atom stereocenters. The van der Waals surface area contributed by atoms with Gasteiger partial charge in [-0.2, -0.15) is 5.10 Å². The highest BCUT2D eigenvalue weighted by molar-refractivity contribution is 5.63. The summed E-state index contributed by atoms with van der Waals surface area (Å²) in [5.41, 5.74) is 4.22. The third kappa shape index (κ3) is 1.86. The Morgan fingerprint density at radius 2 is 2.18 bits per heavy atom. The first-order valence-corrected chi connectivity index (χ1v) is 7.77. The number of carbonyl (C=O) groups is 1. The fourth-order valence-electron chi connectivity index (χ4n) is 3.89. The van der Waals surface area contributed by atoms with Gasteiger partial charge in [0.25, 0.3) is 0 Å². The van der Waals surface area contributed by atoms with Gasteiger partial charge >= 0.3 is 0 Å². The molecule has 22 heavy (non-hydrogen) atoms. The molecular weight excluding hydrogens is 278 g/mol. The van der Waals surface area contributed by atoms with Crippen molar-refractivity contribution in [2.24, 2.45) is 7.05 Å². The van der Waals surface area contributed by atoms with Crippen molar-refractivity contribution < 1.29 is 4.79 Å². The zero-order valence-corrected chi connectivity index (χ0v) is 12.9. The van der Waals surface area contributed by atoms with Gasteiger partial charge in [-0.3, -0.25) is 9.48 Å². The molecule has 4 rings (SSSR count). The quantitative estimate of drug-likeness (QED) is 0.793. The van der Waals surface area contributed by atoms with Crippen molar-refractivity contribution in [3.05, 3.63) is 29.3 Å². The highest BCUT2D eigenvalue weighted by atomic mass is 16.1. The molecule has 2 aliphatic rings. The number of fused-ring (bicyclic) bond motifs is 4. The normalized spacial score (nSPS) is 23.3. The minimum absolute atomic E-state index is 0.105. The molecule has 4 heterocycles. The number of nitrogens with zero attached hydrogens (tertiary/aromatic N) is 5. The summed E-state index contributed by atoms with van der Waals surface area (Å²) in [6.45, 7) is 1.92. The molecule has 2 atom stereocenters. The van der Waals surface area contributed by atoms with Crippen LogP contribution in [-0.2, 0) is 18.3 Å². The lowest BCUT2D eigenvalue weighted by molar-refractivity contribution is -0.125. The third-order valence-corrected chi connectivity index (χ3v) is 4.89.